The van der Waals surface area contributed by atoms with Crippen molar-refractivity contribution in [1.29, 1.82) is 0 Å². The standard InChI is InChI=1S/C23H21Cl2NO3S/c24-20-8-4-7-19(22(20)25)23(17-5-2-1-3-6-17)26-30(27,28)14-12-16-9-10-21-18(15-16)11-13-29-21/h1-10,15,23,26H,11-14H2. The number of fused-ring (bicyclic) bond motifs is 1. The molecule has 0 saturated carbocycles. The molecule has 0 bridgehead atoms. The van der Waals surface area contributed by atoms with Crippen LogP contribution in [0, 0.1) is 0 Å². The average molecular weight is 462 g/mol. The van der Waals surface area contributed by atoms with Crippen LogP contribution in [-0.4, -0.2) is 20.8 Å². The Kier molecular flexibility index (Phi) is 6.34. The summed E-state index contributed by atoms with van der Waals surface area (Å²) in [4.78, 5) is 0. The van der Waals surface area contributed by atoms with E-state index in [0.717, 1.165) is 28.9 Å². The first-order valence-electron chi connectivity index (χ1n) is 9.66. The molecular weight excluding hydrogens is 441 g/mol. The summed E-state index contributed by atoms with van der Waals surface area (Å²) in [6.07, 6.45) is 1.27. The van der Waals surface area contributed by atoms with Crippen LogP contribution in [0.3, 0.4) is 0 Å². The van der Waals surface area contributed by atoms with Gasteiger partial charge >= 0.3 is 0 Å². The van der Waals surface area contributed by atoms with Gasteiger partial charge in [-0.2, -0.15) is 0 Å². The quantitative estimate of drug-likeness (QED) is 0.527. The number of nitrogens with one attached hydrogen (secondary N) is 1. The van der Waals surface area contributed by atoms with Gasteiger partial charge in [0.1, 0.15) is 5.75 Å². The van der Waals surface area contributed by atoms with E-state index < -0.39 is 16.1 Å². The first-order valence-corrected chi connectivity index (χ1v) is 12.1. The highest BCUT2D eigenvalue weighted by molar-refractivity contribution is 7.89. The summed E-state index contributed by atoms with van der Waals surface area (Å²) in [7, 11) is -3.60. The number of benzene rings is 3. The second-order valence-electron chi connectivity index (χ2n) is 7.21. The Morgan fingerprint density at radius 2 is 1.80 bits per heavy atom. The minimum Gasteiger partial charge on any atom is -0.493 e. The molecule has 4 nitrogen and oxygen atoms in total. The number of hydrogen-bond acceptors (Lipinski definition) is 3. The maximum absolute atomic E-state index is 13.0. The minimum atomic E-state index is -3.60. The molecule has 1 N–H and O–H groups in total. The molecule has 3 aromatic carbocycles. The summed E-state index contributed by atoms with van der Waals surface area (Å²) in [6, 6.07) is 19.8. The fourth-order valence-electron chi connectivity index (χ4n) is 3.59. The summed E-state index contributed by atoms with van der Waals surface area (Å²) >= 11 is 12.6. The fraction of sp³-hybridized carbons (Fsp3) is 0.217. The topological polar surface area (TPSA) is 55.4 Å². The Bertz CT molecular complexity index is 1150. The second-order valence-corrected chi connectivity index (χ2v) is 9.87. The van der Waals surface area contributed by atoms with E-state index in [9.17, 15) is 8.42 Å². The highest BCUT2D eigenvalue weighted by atomic mass is 35.5. The van der Waals surface area contributed by atoms with Crippen LogP contribution < -0.4 is 9.46 Å². The Balaban J connectivity index is 1.56. The van der Waals surface area contributed by atoms with Crippen LogP contribution in [0.4, 0.5) is 0 Å². The molecule has 0 spiro atoms. The van der Waals surface area contributed by atoms with E-state index in [-0.39, 0.29) is 5.75 Å². The van der Waals surface area contributed by atoms with Crippen molar-refractivity contribution in [2.45, 2.75) is 18.9 Å². The number of rotatable bonds is 7. The summed E-state index contributed by atoms with van der Waals surface area (Å²) in [6.45, 7) is 0.678. The first kappa shape index (κ1) is 21.2. The van der Waals surface area contributed by atoms with Gasteiger partial charge in [0.25, 0.3) is 0 Å². The zero-order chi connectivity index (χ0) is 21.1. The van der Waals surface area contributed by atoms with Gasteiger partial charge in [-0.15, -0.1) is 0 Å². The molecular formula is C23H21Cl2NO3S. The second kappa shape index (κ2) is 8.98. The molecule has 156 valence electrons. The summed E-state index contributed by atoms with van der Waals surface area (Å²) in [5, 5.41) is 0.726. The van der Waals surface area contributed by atoms with E-state index in [0.29, 0.717) is 28.6 Å². The molecule has 1 aliphatic heterocycles. The van der Waals surface area contributed by atoms with Crippen molar-refractivity contribution >= 4 is 33.2 Å². The number of hydrogen-bond donors (Lipinski definition) is 1. The van der Waals surface area contributed by atoms with E-state index in [4.69, 9.17) is 27.9 Å². The van der Waals surface area contributed by atoms with Gasteiger partial charge in [0.15, 0.2) is 0 Å². The Morgan fingerprint density at radius 3 is 2.60 bits per heavy atom. The van der Waals surface area contributed by atoms with E-state index in [1.807, 2.05) is 48.5 Å². The van der Waals surface area contributed by atoms with Gasteiger partial charge in [-0.3, -0.25) is 0 Å². The summed E-state index contributed by atoms with van der Waals surface area (Å²) in [5.41, 5.74) is 3.51. The molecule has 1 aliphatic rings. The third kappa shape index (κ3) is 4.81. The predicted molar refractivity (Wildman–Crippen MR) is 121 cm³/mol. The van der Waals surface area contributed by atoms with Crippen molar-refractivity contribution in [2.24, 2.45) is 0 Å². The lowest BCUT2D eigenvalue weighted by Crippen LogP contribution is -2.32. The highest BCUT2D eigenvalue weighted by Crippen LogP contribution is 2.34. The molecule has 0 amide bonds. The van der Waals surface area contributed by atoms with Crippen molar-refractivity contribution in [3.8, 4) is 5.75 Å². The van der Waals surface area contributed by atoms with Crippen molar-refractivity contribution in [3.05, 3.63) is 99.0 Å². The van der Waals surface area contributed by atoms with Gasteiger partial charge in [0.2, 0.25) is 10.0 Å². The molecule has 1 atom stereocenters. The Morgan fingerprint density at radius 1 is 1.00 bits per heavy atom. The van der Waals surface area contributed by atoms with Gasteiger partial charge in [0, 0.05) is 6.42 Å². The van der Waals surface area contributed by atoms with E-state index in [1.54, 1.807) is 18.2 Å². The van der Waals surface area contributed by atoms with Crippen LogP contribution in [-0.2, 0) is 22.9 Å². The van der Waals surface area contributed by atoms with E-state index in [1.165, 1.54) is 0 Å². The Hall–Kier alpha value is -2.05. The number of ether oxygens (including phenoxy) is 1. The van der Waals surface area contributed by atoms with Crippen molar-refractivity contribution in [2.75, 3.05) is 12.4 Å². The monoisotopic (exact) mass is 461 g/mol. The molecule has 0 aromatic heterocycles. The zero-order valence-electron chi connectivity index (χ0n) is 16.1. The van der Waals surface area contributed by atoms with Gasteiger partial charge in [-0.25, -0.2) is 13.1 Å². The Labute approximate surface area is 186 Å². The first-order chi connectivity index (χ1) is 14.4. The third-order valence-corrected chi connectivity index (χ3v) is 7.31. The van der Waals surface area contributed by atoms with Crippen molar-refractivity contribution < 1.29 is 13.2 Å². The lowest BCUT2D eigenvalue weighted by Gasteiger charge is -2.21. The lowest BCUT2D eigenvalue weighted by atomic mass is 10.00. The fourth-order valence-corrected chi connectivity index (χ4v) is 5.25. The highest BCUT2D eigenvalue weighted by Gasteiger charge is 2.24. The van der Waals surface area contributed by atoms with Crippen molar-refractivity contribution in [1.82, 2.24) is 4.72 Å². The van der Waals surface area contributed by atoms with Crippen LogP contribution in [0.1, 0.15) is 28.3 Å². The van der Waals surface area contributed by atoms with Crippen LogP contribution >= 0.6 is 23.2 Å². The zero-order valence-corrected chi connectivity index (χ0v) is 18.5. The van der Waals surface area contributed by atoms with Gasteiger partial charge in [-0.1, -0.05) is 77.8 Å². The number of sulfonamides is 1. The van der Waals surface area contributed by atoms with Gasteiger partial charge in [0.05, 0.1) is 28.4 Å². The van der Waals surface area contributed by atoms with Crippen LogP contribution in [0.15, 0.2) is 66.7 Å². The third-order valence-electron chi connectivity index (χ3n) is 5.14. The smallest absolute Gasteiger partial charge is 0.212 e. The molecule has 30 heavy (non-hydrogen) atoms. The maximum atomic E-state index is 13.0. The number of halogens is 2. The molecule has 4 rings (SSSR count). The van der Waals surface area contributed by atoms with Crippen LogP contribution in [0.5, 0.6) is 5.75 Å². The molecule has 0 saturated heterocycles. The normalized spacial score (nSPS) is 14.2. The van der Waals surface area contributed by atoms with E-state index in [2.05, 4.69) is 4.72 Å². The molecule has 3 aromatic rings. The van der Waals surface area contributed by atoms with Crippen molar-refractivity contribution in [3.63, 3.8) is 0 Å². The largest absolute Gasteiger partial charge is 0.493 e. The average Bonchev–Trinajstić information content (AvgIpc) is 3.21. The van der Waals surface area contributed by atoms with Crippen LogP contribution in [0.25, 0.3) is 0 Å². The molecule has 1 heterocycles. The molecule has 1 unspecified atom stereocenters. The van der Waals surface area contributed by atoms with Crippen LogP contribution in [0.2, 0.25) is 10.0 Å². The summed E-state index contributed by atoms with van der Waals surface area (Å²) in [5.74, 6) is 0.855. The summed E-state index contributed by atoms with van der Waals surface area (Å²) < 4.78 is 34.3. The molecule has 7 heteroatoms. The minimum absolute atomic E-state index is 0.0336. The van der Waals surface area contributed by atoms with Gasteiger partial charge in [-0.05, 0) is 40.8 Å². The SMILES string of the molecule is O=S(=O)(CCc1ccc2c(c1)CCO2)NC(c1ccccc1)c1cccc(Cl)c1Cl. The maximum Gasteiger partial charge on any atom is 0.212 e. The van der Waals surface area contributed by atoms with Gasteiger partial charge < -0.3 is 4.74 Å². The lowest BCUT2D eigenvalue weighted by molar-refractivity contribution is 0.357. The predicted octanol–water partition coefficient (Wildman–Crippen LogP) is 5.18. The number of aryl methyl sites for hydroxylation is 1. The molecule has 0 radical (unpaired) electrons. The van der Waals surface area contributed by atoms with E-state index >= 15 is 0 Å². The molecule has 0 aliphatic carbocycles. The molecule has 0 fully saturated rings.